The molecule has 0 spiro atoms. The molecule has 4 rings (SSSR count). The number of aromatic nitrogens is 2. The third-order valence-electron chi connectivity index (χ3n) is 4.69. The molecule has 0 radical (unpaired) electrons. The van der Waals surface area contributed by atoms with E-state index in [9.17, 15) is 13.2 Å². The Kier molecular flexibility index (Phi) is 6.17. The van der Waals surface area contributed by atoms with E-state index >= 15 is 0 Å². The summed E-state index contributed by atoms with van der Waals surface area (Å²) in [5, 5.41) is 7.95. The van der Waals surface area contributed by atoms with Crippen molar-refractivity contribution in [2.75, 3.05) is 12.4 Å². The number of hydrogen-bond donors (Lipinski definition) is 3. The van der Waals surface area contributed by atoms with Crippen molar-refractivity contribution in [2.45, 2.75) is 15.3 Å². The van der Waals surface area contributed by atoms with Crippen molar-refractivity contribution in [2.24, 2.45) is 5.14 Å². The van der Waals surface area contributed by atoms with Crippen molar-refractivity contribution in [3.63, 3.8) is 0 Å². The predicted octanol–water partition coefficient (Wildman–Crippen LogP) is 3.69. The smallest absolute Gasteiger partial charge is 0.242 e. The number of carbonyl (C=O) groups excluding carboxylic acids is 1. The fraction of sp³-hybridized carbons (Fsp3) is 0.0909. The average molecular weight is 469 g/mol. The van der Waals surface area contributed by atoms with Gasteiger partial charge in [0.15, 0.2) is 5.16 Å². The number of nitrogens with zero attached hydrogens (tertiary/aromatic N) is 1. The number of fused-ring (bicyclic) bond motifs is 1. The van der Waals surface area contributed by atoms with Gasteiger partial charge in [0.1, 0.15) is 11.0 Å². The van der Waals surface area contributed by atoms with Crippen LogP contribution in [0.4, 0.5) is 5.69 Å². The number of hydrogen-bond acceptors (Lipinski definition) is 6. The number of amides is 1. The Morgan fingerprint density at radius 1 is 1.09 bits per heavy atom. The van der Waals surface area contributed by atoms with Crippen LogP contribution in [0.5, 0.6) is 5.75 Å². The zero-order valence-electron chi connectivity index (χ0n) is 17.0. The summed E-state index contributed by atoms with van der Waals surface area (Å²) in [5.41, 5.74) is 2.82. The van der Waals surface area contributed by atoms with Crippen molar-refractivity contribution in [3.8, 4) is 5.75 Å². The molecule has 0 saturated heterocycles. The maximum Gasteiger partial charge on any atom is 0.242 e. The molecule has 0 bridgehead atoms. The number of anilines is 1. The fourth-order valence-corrected chi connectivity index (χ4v) is 4.61. The monoisotopic (exact) mass is 468 g/mol. The molecule has 0 fully saturated rings. The van der Waals surface area contributed by atoms with E-state index in [0.717, 1.165) is 16.6 Å². The van der Waals surface area contributed by atoms with Gasteiger partial charge in [0.05, 0.1) is 23.0 Å². The first-order valence-electron chi connectivity index (χ1n) is 9.52. The number of nitrogens with two attached hydrogens (primary N) is 1. The third-order valence-corrected chi connectivity index (χ3v) is 6.76. The van der Waals surface area contributed by atoms with Gasteiger partial charge in [-0.15, -0.1) is 0 Å². The molecule has 3 aromatic carbocycles. The number of H-pyrrole nitrogens is 1. The van der Waals surface area contributed by atoms with Gasteiger partial charge in [-0.05, 0) is 42.0 Å². The van der Waals surface area contributed by atoms with Crippen LogP contribution in [0.2, 0.25) is 0 Å². The highest BCUT2D eigenvalue weighted by Gasteiger charge is 2.24. The Balaban J connectivity index is 1.60. The first-order chi connectivity index (χ1) is 15.3. The van der Waals surface area contributed by atoms with Gasteiger partial charge < -0.3 is 15.0 Å². The molecule has 0 aliphatic heterocycles. The number of benzene rings is 3. The SMILES string of the molecule is COc1ccc2nc(S[C@@H](C(=O)Nc3ccc(S(N)(=O)=O)cc3)c3ccccc3)[nH]c2c1. The van der Waals surface area contributed by atoms with Gasteiger partial charge in [-0.1, -0.05) is 42.1 Å². The highest BCUT2D eigenvalue weighted by atomic mass is 32.2. The highest BCUT2D eigenvalue weighted by Crippen LogP contribution is 2.36. The number of sulfonamides is 1. The second kappa shape index (κ2) is 9.03. The molecule has 0 aliphatic rings. The molecular weight excluding hydrogens is 448 g/mol. The second-order valence-corrected chi connectivity index (χ2v) is 9.55. The van der Waals surface area contributed by atoms with Crippen molar-refractivity contribution in [1.82, 2.24) is 9.97 Å². The molecule has 1 atom stereocenters. The highest BCUT2D eigenvalue weighted by molar-refractivity contribution is 8.00. The molecule has 8 nitrogen and oxygen atoms in total. The molecule has 1 amide bonds. The summed E-state index contributed by atoms with van der Waals surface area (Å²) < 4.78 is 28.1. The van der Waals surface area contributed by atoms with E-state index in [-0.39, 0.29) is 10.8 Å². The summed E-state index contributed by atoms with van der Waals surface area (Å²) in [4.78, 5) is 20.9. The Hall–Kier alpha value is -3.34. The predicted molar refractivity (Wildman–Crippen MR) is 124 cm³/mol. The lowest BCUT2D eigenvalue weighted by atomic mass is 10.1. The molecule has 1 heterocycles. The summed E-state index contributed by atoms with van der Waals surface area (Å²) in [6.07, 6.45) is 0. The second-order valence-electron chi connectivity index (χ2n) is 6.89. The van der Waals surface area contributed by atoms with Crippen LogP contribution < -0.4 is 15.2 Å². The van der Waals surface area contributed by atoms with E-state index in [1.807, 2.05) is 48.5 Å². The Morgan fingerprint density at radius 3 is 2.47 bits per heavy atom. The number of carbonyl (C=O) groups is 1. The van der Waals surface area contributed by atoms with E-state index in [1.54, 1.807) is 7.11 Å². The van der Waals surface area contributed by atoms with Crippen molar-refractivity contribution >= 4 is 44.4 Å². The van der Waals surface area contributed by atoms with Crippen LogP contribution in [-0.4, -0.2) is 31.4 Å². The van der Waals surface area contributed by atoms with Crippen molar-refractivity contribution < 1.29 is 17.9 Å². The molecule has 0 unspecified atom stereocenters. The zero-order chi connectivity index (χ0) is 22.7. The van der Waals surface area contributed by atoms with Crippen molar-refractivity contribution in [3.05, 3.63) is 78.4 Å². The normalized spacial score (nSPS) is 12.4. The standard InChI is InChI=1S/C22H20N4O4S2/c1-30-16-9-12-18-19(13-16)26-22(25-18)31-20(14-5-3-2-4-6-14)21(27)24-15-7-10-17(11-8-15)32(23,28)29/h2-13,20H,1H3,(H,24,27)(H,25,26)(H2,23,28,29)/t20-/m1/s1. The topological polar surface area (TPSA) is 127 Å². The number of thioether (sulfide) groups is 1. The largest absolute Gasteiger partial charge is 0.497 e. The van der Waals surface area contributed by atoms with Crippen LogP contribution in [0.3, 0.4) is 0 Å². The molecular formula is C22H20N4O4S2. The number of rotatable bonds is 7. The molecule has 0 aliphatic carbocycles. The number of aromatic amines is 1. The first kappa shape index (κ1) is 21.9. The number of ether oxygens (including phenoxy) is 1. The van der Waals surface area contributed by atoms with E-state index < -0.39 is 15.3 Å². The van der Waals surface area contributed by atoms with Crippen LogP contribution in [0.15, 0.2) is 82.8 Å². The van der Waals surface area contributed by atoms with E-state index in [2.05, 4.69) is 15.3 Å². The fourth-order valence-electron chi connectivity index (χ4n) is 3.10. The van der Waals surface area contributed by atoms with Crippen LogP contribution in [0.1, 0.15) is 10.8 Å². The molecule has 164 valence electrons. The molecule has 10 heteroatoms. The third kappa shape index (κ3) is 4.93. The molecule has 0 saturated carbocycles. The maximum absolute atomic E-state index is 13.2. The minimum Gasteiger partial charge on any atom is -0.497 e. The van der Waals surface area contributed by atoms with Gasteiger partial charge in [-0.2, -0.15) is 0 Å². The van der Waals surface area contributed by atoms with E-state index in [0.29, 0.717) is 16.6 Å². The van der Waals surface area contributed by atoms with Gasteiger partial charge in [-0.3, -0.25) is 4.79 Å². The summed E-state index contributed by atoms with van der Waals surface area (Å²) in [6.45, 7) is 0. The lowest BCUT2D eigenvalue weighted by molar-refractivity contribution is -0.115. The summed E-state index contributed by atoms with van der Waals surface area (Å²) in [7, 11) is -2.21. The number of nitrogens with one attached hydrogen (secondary N) is 2. The van der Waals surface area contributed by atoms with Crippen LogP contribution >= 0.6 is 11.8 Å². The average Bonchev–Trinajstić information content (AvgIpc) is 3.19. The van der Waals surface area contributed by atoms with Gasteiger partial charge in [0.2, 0.25) is 15.9 Å². The first-order valence-corrected chi connectivity index (χ1v) is 12.0. The van der Waals surface area contributed by atoms with Crippen LogP contribution in [0, 0.1) is 0 Å². The lowest BCUT2D eigenvalue weighted by Gasteiger charge is -2.16. The molecule has 4 N–H and O–H groups in total. The van der Waals surface area contributed by atoms with Crippen molar-refractivity contribution in [1.29, 1.82) is 0 Å². The zero-order valence-corrected chi connectivity index (χ0v) is 18.6. The van der Waals surface area contributed by atoms with Gasteiger partial charge in [-0.25, -0.2) is 18.5 Å². The van der Waals surface area contributed by atoms with Gasteiger partial charge in [0.25, 0.3) is 0 Å². The Labute approximate surface area is 189 Å². The van der Waals surface area contributed by atoms with E-state index in [1.165, 1.54) is 36.0 Å². The van der Waals surface area contributed by atoms with Gasteiger partial charge in [0, 0.05) is 11.8 Å². The maximum atomic E-state index is 13.2. The van der Waals surface area contributed by atoms with Gasteiger partial charge >= 0.3 is 0 Å². The minimum atomic E-state index is -3.80. The summed E-state index contributed by atoms with van der Waals surface area (Å²) in [5.74, 6) is 0.431. The molecule has 4 aromatic rings. The van der Waals surface area contributed by atoms with Crippen LogP contribution in [-0.2, 0) is 14.8 Å². The lowest BCUT2D eigenvalue weighted by Crippen LogP contribution is -2.19. The molecule has 32 heavy (non-hydrogen) atoms. The molecule has 1 aromatic heterocycles. The Bertz CT molecular complexity index is 1350. The summed E-state index contributed by atoms with van der Waals surface area (Å²) >= 11 is 1.28. The Morgan fingerprint density at radius 2 is 1.81 bits per heavy atom. The minimum absolute atomic E-state index is 0.0258. The van der Waals surface area contributed by atoms with Crippen LogP contribution in [0.25, 0.3) is 11.0 Å². The summed E-state index contributed by atoms with van der Waals surface area (Å²) in [6, 6.07) is 20.5. The number of imidazole rings is 1. The van der Waals surface area contributed by atoms with E-state index in [4.69, 9.17) is 9.88 Å². The number of primary sulfonamides is 1. The quantitative estimate of drug-likeness (QED) is 0.355. The number of methoxy groups -OCH3 is 1.